The van der Waals surface area contributed by atoms with Crippen molar-refractivity contribution in [3.8, 4) is 11.3 Å². The molecule has 2 bridgehead atoms. The van der Waals surface area contributed by atoms with Gasteiger partial charge < -0.3 is 16.0 Å². The van der Waals surface area contributed by atoms with E-state index < -0.39 is 17.6 Å². The van der Waals surface area contributed by atoms with Gasteiger partial charge in [0.15, 0.2) is 0 Å². The standard InChI is InChI=1S/C30H28F3N7O2/c31-30(32,33)21-7-8-35-22(12-21)37-27(41)19-5-3-18(4-6-19)23-24-25(34)36-9-11-40(24)26(38-23)20-2-1-10-39(16-20)28(42)29-13-17(14-29)15-29/h3-9,11-12,17,20H,1-2,10,13-16H2,(H2,34,36)(H,35,37,41). The van der Waals surface area contributed by atoms with Crippen LogP contribution in [0.3, 0.4) is 0 Å². The Morgan fingerprint density at radius 3 is 2.50 bits per heavy atom. The van der Waals surface area contributed by atoms with Gasteiger partial charge in [0.1, 0.15) is 28.7 Å². The van der Waals surface area contributed by atoms with Crippen molar-refractivity contribution in [1.82, 2.24) is 24.3 Å². The molecule has 2 amide bonds. The van der Waals surface area contributed by atoms with Crippen LogP contribution in [0.2, 0.25) is 0 Å². The average molecular weight is 576 g/mol. The van der Waals surface area contributed by atoms with Crippen molar-refractivity contribution in [1.29, 1.82) is 0 Å². The minimum atomic E-state index is -4.55. The molecule has 4 heterocycles. The number of pyridine rings is 1. The van der Waals surface area contributed by atoms with Crippen molar-refractivity contribution >= 4 is 29.0 Å². The zero-order chi connectivity index (χ0) is 29.2. The predicted octanol–water partition coefficient (Wildman–Crippen LogP) is 5.15. The quantitative estimate of drug-likeness (QED) is 0.340. The lowest BCUT2D eigenvalue weighted by atomic mass is 9.44. The number of amides is 2. The lowest BCUT2D eigenvalue weighted by Gasteiger charge is -2.61. The number of nitrogens with zero attached hydrogens (tertiary/aromatic N) is 5. The van der Waals surface area contributed by atoms with Gasteiger partial charge in [-0.15, -0.1) is 0 Å². The fourth-order valence-corrected chi connectivity index (χ4v) is 6.67. The number of fused-ring (bicyclic) bond motifs is 1. The van der Waals surface area contributed by atoms with E-state index in [-0.39, 0.29) is 28.6 Å². The number of nitrogens with two attached hydrogens (primary N) is 1. The number of aromatic nitrogens is 4. The molecule has 8 rings (SSSR count). The predicted molar refractivity (Wildman–Crippen MR) is 148 cm³/mol. The number of hydrogen-bond donors (Lipinski definition) is 2. The van der Waals surface area contributed by atoms with E-state index in [2.05, 4.69) is 15.3 Å². The normalized spacial score (nSPS) is 23.3. The van der Waals surface area contributed by atoms with Crippen LogP contribution in [0.25, 0.3) is 16.8 Å². The number of carbonyl (C=O) groups is 2. The topological polar surface area (TPSA) is 119 Å². The number of hydrogen-bond acceptors (Lipinski definition) is 6. The van der Waals surface area contributed by atoms with Crippen molar-refractivity contribution in [3.63, 3.8) is 0 Å². The molecule has 1 unspecified atom stereocenters. The molecule has 12 heteroatoms. The van der Waals surface area contributed by atoms with Gasteiger partial charge in [0.25, 0.3) is 5.91 Å². The first kappa shape index (κ1) is 26.4. The van der Waals surface area contributed by atoms with E-state index in [1.54, 1.807) is 30.5 Å². The van der Waals surface area contributed by atoms with Crippen LogP contribution in [0.1, 0.15) is 59.8 Å². The molecule has 9 nitrogen and oxygen atoms in total. The van der Waals surface area contributed by atoms with Gasteiger partial charge in [-0.05, 0) is 62.3 Å². The zero-order valence-electron chi connectivity index (χ0n) is 22.6. The highest BCUT2D eigenvalue weighted by atomic mass is 19.4. The van der Waals surface area contributed by atoms with Gasteiger partial charge in [-0.2, -0.15) is 13.2 Å². The summed E-state index contributed by atoms with van der Waals surface area (Å²) in [6, 6.07) is 8.20. The van der Waals surface area contributed by atoms with Crippen LogP contribution in [-0.2, 0) is 11.0 Å². The SMILES string of the molecule is Nc1nccn2c(C3CCCN(C(=O)C45CC(C4)C5)C3)nc(-c3ccc(C(=O)Nc4cc(C(F)(F)F)ccn4)cc3)c12. The second-order valence-corrected chi connectivity index (χ2v) is 11.7. The maximum absolute atomic E-state index is 13.3. The van der Waals surface area contributed by atoms with E-state index >= 15 is 0 Å². The smallest absolute Gasteiger partial charge is 0.382 e. The maximum atomic E-state index is 13.3. The van der Waals surface area contributed by atoms with Crippen molar-refractivity contribution in [2.24, 2.45) is 11.3 Å². The van der Waals surface area contributed by atoms with E-state index in [9.17, 15) is 22.8 Å². The molecule has 1 aliphatic heterocycles. The number of benzene rings is 1. The van der Waals surface area contributed by atoms with Crippen molar-refractivity contribution in [2.45, 2.75) is 44.2 Å². The van der Waals surface area contributed by atoms with Crippen LogP contribution in [0.15, 0.2) is 55.0 Å². The molecule has 4 aliphatic rings. The Morgan fingerprint density at radius 2 is 1.81 bits per heavy atom. The van der Waals surface area contributed by atoms with Crippen LogP contribution >= 0.6 is 0 Å². The van der Waals surface area contributed by atoms with Gasteiger partial charge in [0.05, 0.1) is 11.0 Å². The van der Waals surface area contributed by atoms with Gasteiger partial charge in [-0.1, -0.05) is 12.1 Å². The summed E-state index contributed by atoms with van der Waals surface area (Å²) in [6.07, 6.45) is 4.76. The van der Waals surface area contributed by atoms with Gasteiger partial charge in [-0.3, -0.25) is 14.0 Å². The Morgan fingerprint density at radius 1 is 1.05 bits per heavy atom. The number of anilines is 2. The van der Waals surface area contributed by atoms with Gasteiger partial charge in [0, 0.05) is 48.7 Å². The summed E-state index contributed by atoms with van der Waals surface area (Å²) in [5, 5.41) is 2.42. The van der Waals surface area contributed by atoms with Crippen molar-refractivity contribution in [2.75, 3.05) is 24.1 Å². The van der Waals surface area contributed by atoms with Crippen molar-refractivity contribution < 1.29 is 22.8 Å². The minimum Gasteiger partial charge on any atom is -0.382 e. The van der Waals surface area contributed by atoms with Gasteiger partial charge >= 0.3 is 6.18 Å². The molecular formula is C30H28F3N7O2. The molecule has 4 fully saturated rings. The van der Waals surface area contributed by atoms with Crippen LogP contribution in [-0.4, -0.2) is 49.2 Å². The molecule has 0 radical (unpaired) electrons. The Hall–Kier alpha value is -4.48. The van der Waals surface area contributed by atoms with Crippen molar-refractivity contribution in [3.05, 3.63) is 71.9 Å². The fourth-order valence-electron chi connectivity index (χ4n) is 6.67. The second-order valence-electron chi connectivity index (χ2n) is 11.7. The largest absolute Gasteiger partial charge is 0.416 e. The molecule has 0 spiro atoms. The lowest BCUT2D eigenvalue weighted by Crippen LogP contribution is -2.62. The molecule has 3 saturated carbocycles. The number of halogens is 3. The summed E-state index contributed by atoms with van der Waals surface area (Å²) in [5.41, 5.74) is 7.48. The third kappa shape index (κ3) is 4.36. The molecule has 42 heavy (non-hydrogen) atoms. The Labute approximate surface area is 239 Å². The number of nitrogens with one attached hydrogen (secondary N) is 1. The average Bonchev–Trinajstić information content (AvgIpc) is 3.32. The second kappa shape index (κ2) is 9.53. The molecule has 1 atom stereocenters. The highest BCUT2D eigenvalue weighted by Crippen LogP contribution is 2.65. The number of piperidine rings is 1. The van der Waals surface area contributed by atoms with E-state index in [1.165, 1.54) is 0 Å². The summed E-state index contributed by atoms with van der Waals surface area (Å²) < 4.78 is 41.0. The minimum absolute atomic E-state index is 0.0307. The molecule has 1 saturated heterocycles. The lowest BCUT2D eigenvalue weighted by molar-refractivity contribution is -0.178. The molecule has 1 aromatic carbocycles. The summed E-state index contributed by atoms with van der Waals surface area (Å²) in [4.78, 5) is 41.2. The number of carbonyl (C=O) groups excluding carboxylic acids is 2. The van der Waals surface area contributed by atoms with Crippen LogP contribution < -0.4 is 11.1 Å². The van der Waals surface area contributed by atoms with Gasteiger partial charge in [-0.25, -0.2) is 15.0 Å². The highest BCUT2D eigenvalue weighted by Gasteiger charge is 2.62. The molecule has 4 aromatic rings. The number of rotatable bonds is 5. The monoisotopic (exact) mass is 575 g/mol. The maximum Gasteiger partial charge on any atom is 0.416 e. The van der Waals surface area contributed by atoms with E-state index in [0.717, 1.165) is 68.7 Å². The molecule has 3 aliphatic carbocycles. The summed E-state index contributed by atoms with van der Waals surface area (Å²) in [6.45, 7) is 1.37. The summed E-state index contributed by atoms with van der Waals surface area (Å²) >= 11 is 0. The Kier molecular flexibility index (Phi) is 6.00. The molecular weight excluding hydrogens is 547 g/mol. The van der Waals surface area contributed by atoms with E-state index in [1.807, 2.05) is 15.5 Å². The van der Waals surface area contributed by atoms with E-state index in [0.29, 0.717) is 29.1 Å². The number of nitrogen functional groups attached to an aromatic ring is 1. The van der Waals surface area contributed by atoms with Crippen LogP contribution in [0, 0.1) is 11.3 Å². The van der Waals surface area contributed by atoms with Crippen LogP contribution in [0.5, 0.6) is 0 Å². The first-order chi connectivity index (χ1) is 20.1. The first-order valence-electron chi connectivity index (χ1n) is 14.0. The molecule has 3 aromatic heterocycles. The Balaban J connectivity index is 1.14. The number of imidazole rings is 1. The number of alkyl halides is 3. The third-order valence-electron chi connectivity index (χ3n) is 8.93. The highest BCUT2D eigenvalue weighted by molar-refractivity contribution is 6.04. The Bertz CT molecular complexity index is 1700. The van der Waals surface area contributed by atoms with Crippen LogP contribution in [0.4, 0.5) is 24.8 Å². The summed E-state index contributed by atoms with van der Waals surface area (Å²) in [5.74, 6) is 1.37. The van der Waals surface area contributed by atoms with Gasteiger partial charge in [0.2, 0.25) is 5.91 Å². The van der Waals surface area contributed by atoms with E-state index in [4.69, 9.17) is 10.7 Å². The zero-order valence-corrected chi connectivity index (χ0v) is 22.6. The summed E-state index contributed by atoms with van der Waals surface area (Å²) in [7, 11) is 0. The number of likely N-dealkylation sites (tertiary alicyclic amines) is 1. The molecule has 216 valence electrons. The molecule has 3 N–H and O–H groups in total. The fraction of sp³-hybridized carbons (Fsp3) is 0.367. The first-order valence-corrected chi connectivity index (χ1v) is 14.0. The third-order valence-corrected chi connectivity index (χ3v) is 8.93.